The van der Waals surface area contributed by atoms with Crippen molar-refractivity contribution in [2.75, 3.05) is 0 Å². The first-order chi connectivity index (χ1) is 12.4. The van der Waals surface area contributed by atoms with E-state index in [1.165, 1.54) is 12.1 Å². The minimum Gasteiger partial charge on any atom is -0.508 e. The molecule has 0 fully saturated rings. The fraction of sp³-hybridized carbons (Fsp3) is 0.364. The second kappa shape index (κ2) is 7.43. The van der Waals surface area contributed by atoms with Crippen molar-refractivity contribution >= 4 is 12.1 Å². The summed E-state index contributed by atoms with van der Waals surface area (Å²) in [5.41, 5.74) is 4.76. The van der Waals surface area contributed by atoms with Crippen LogP contribution in [0.4, 0.5) is 0 Å². The zero-order valence-corrected chi connectivity index (χ0v) is 16.8. The van der Waals surface area contributed by atoms with Crippen molar-refractivity contribution < 1.29 is 15.0 Å². The van der Waals surface area contributed by atoms with Gasteiger partial charge in [-0.05, 0) is 46.7 Å². The van der Waals surface area contributed by atoms with Gasteiger partial charge in [0.15, 0.2) is 0 Å². The fourth-order valence-corrected chi connectivity index (χ4v) is 2.75. The van der Waals surface area contributed by atoms with E-state index in [4.69, 9.17) is 0 Å². The molecule has 2 aromatic rings. The average molecular weight is 368 g/mol. The lowest BCUT2D eigenvalue weighted by Crippen LogP contribution is -2.19. The smallest absolute Gasteiger partial charge is 0.271 e. The normalized spacial score (nSPS) is 12.4. The molecule has 0 saturated carbocycles. The summed E-state index contributed by atoms with van der Waals surface area (Å²) in [5, 5.41) is 24.2. The van der Waals surface area contributed by atoms with Gasteiger partial charge in [0.1, 0.15) is 11.5 Å². The monoisotopic (exact) mass is 368 g/mol. The summed E-state index contributed by atoms with van der Waals surface area (Å²) >= 11 is 0. The lowest BCUT2D eigenvalue weighted by atomic mass is 9.78. The van der Waals surface area contributed by atoms with E-state index < -0.39 is 5.91 Å². The number of phenolic OH excluding ortho intramolecular Hbond substituents is 2. The number of carbonyl (C=O) groups excluding carboxylic acids is 1. The van der Waals surface area contributed by atoms with E-state index in [9.17, 15) is 15.0 Å². The number of hydrogen-bond acceptors (Lipinski definition) is 4. The van der Waals surface area contributed by atoms with Gasteiger partial charge in [-0.25, -0.2) is 5.43 Å². The number of nitrogens with zero attached hydrogens (tertiary/aromatic N) is 1. The van der Waals surface area contributed by atoms with Crippen molar-refractivity contribution in [2.45, 2.75) is 52.4 Å². The summed E-state index contributed by atoms with van der Waals surface area (Å²) in [6.07, 6.45) is 1.56. The van der Waals surface area contributed by atoms with Crippen LogP contribution >= 0.6 is 0 Å². The molecule has 0 atom stereocenters. The first-order valence-electron chi connectivity index (χ1n) is 8.90. The van der Waals surface area contributed by atoms with E-state index >= 15 is 0 Å². The zero-order valence-electron chi connectivity index (χ0n) is 16.8. The lowest BCUT2D eigenvalue weighted by Gasteiger charge is -2.27. The van der Waals surface area contributed by atoms with E-state index in [0.717, 1.165) is 16.7 Å². The number of phenols is 2. The number of carbonyl (C=O) groups is 1. The molecule has 5 nitrogen and oxygen atoms in total. The molecule has 0 radical (unpaired) electrons. The van der Waals surface area contributed by atoms with Crippen molar-refractivity contribution in [1.29, 1.82) is 0 Å². The number of amides is 1. The molecule has 2 rings (SSSR count). The van der Waals surface area contributed by atoms with Gasteiger partial charge >= 0.3 is 0 Å². The van der Waals surface area contributed by atoms with E-state index in [0.29, 0.717) is 11.3 Å². The quantitative estimate of drug-likeness (QED) is 0.553. The number of aromatic hydroxyl groups is 2. The van der Waals surface area contributed by atoms with Gasteiger partial charge in [-0.15, -0.1) is 0 Å². The van der Waals surface area contributed by atoms with E-state index in [-0.39, 0.29) is 16.6 Å². The molecule has 5 heteroatoms. The maximum atomic E-state index is 12.1. The molecule has 0 aliphatic rings. The van der Waals surface area contributed by atoms with Gasteiger partial charge in [0.2, 0.25) is 0 Å². The predicted molar refractivity (Wildman–Crippen MR) is 109 cm³/mol. The minimum atomic E-state index is -0.409. The van der Waals surface area contributed by atoms with Crippen LogP contribution in [0.1, 0.15) is 68.6 Å². The Labute approximate surface area is 160 Å². The maximum Gasteiger partial charge on any atom is 0.271 e. The van der Waals surface area contributed by atoms with Gasteiger partial charge in [0, 0.05) is 16.7 Å². The van der Waals surface area contributed by atoms with Crippen molar-refractivity contribution in [2.24, 2.45) is 5.10 Å². The van der Waals surface area contributed by atoms with Crippen LogP contribution in [0.5, 0.6) is 11.5 Å². The maximum absolute atomic E-state index is 12.1. The van der Waals surface area contributed by atoms with Gasteiger partial charge in [-0.2, -0.15) is 5.10 Å². The first-order valence-corrected chi connectivity index (χ1v) is 8.90. The Bertz CT molecular complexity index is 837. The van der Waals surface area contributed by atoms with Gasteiger partial charge in [-0.3, -0.25) is 4.79 Å². The van der Waals surface area contributed by atoms with Crippen molar-refractivity contribution in [3.8, 4) is 11.5 Å². The molecule has 3 N–H and O–H groups in total. The highest BCUT2D eigenvalue weighted by molar-refractivity contribution is 5.95. The molecule has 2 aromatic carbocycles. The van der Waals surface area contributed by atoms with E-state index in [1.54, 1.807) is 18.3 Å². The Morgan fingerprint density at radius 1 is 0.963 bits per heavy atom. The molecule has 27 heavy (non-hydrogen) atoms. The van der Waals surface area contributed by atoms with Gasteiger partial charge < -0.3 is 10.2 Å². The topological polar surface area (TPSA) is 81.9 Å². The molecule has 0 aliphatic carbocycles. The molecule has 0 spiro atoms. The Morgan fingerprint density at radius 2 is 1.52 bits per heavy atom. The SMILES string of the molecule is CC(C)(C)c1cc(/C=N/NC(=O)c2cccc(O)c2)cc(C(C)(C)C)c1O. The highest BCUT2D eigenvalue weighted by Gasteiger charge is 2.26. The van der Waals surface area contributed by atoms with Crippen molar-refractivity contribution in [3.63, 3.8) is 0 Å². The number of nitrogens with one attached hydrogen (secondary N) is 1. The number of hydrazone groups is 1. The van der Waals surface area contributed by atoms with E-state index in [2.05, 4.69) is 10.5 Å². The predicted octanol–water partition coefficient (Wildman–Crippen LogP) is 4.46. The third kappa shape index (κ3) is 5.09. The number of hydrogen-bond donors (Lipinski definition) is 3. The molecule has 0 heterocycles. The van der Waals surface area contributed by atoms with Gasteiger partial charge in [-0.1, -0.05) is 47.6 Å². The van der Waals surface area contributed by atoms with Crippen LogP contribution in [0.3, 0.4) is 0 Å². The van der Waals surface area contributed by atoms with Gasteiger partial charge in [0.05, 0.1) is 6.21 Å². The summed E-state index contributed by atoms with van der Waals surface area (Å²) in [5.74, 6) is -0.0845. The van der Waals surface area contributed by atoms with Crippen LogP contribution in [0, 0.1) is 0 Å². The second-order valence-corrected chi connectivity index (χ2v) is 8.71. The summed E-state index contributed by atoms with van der Waals surface area (Å²) < 4.78 is 0. The Hall–Kier alpha value is -2.82. The molecule has 144 valence electrons. The summed E-state index contributed by atoms with van der Waals surface area (Å²) in [7, 11) is 0. The van der Waals surface area contributed by atoms with Crippen molar-refractivity contribution in [3.05, 3.63) is 58.7 Å². The molecule has 0 bridgehead atoms. The molecule has 0 saturated heterocycles. The third-order valence-corrected chi connectivity index (χ3v) is 4.24. The van der Waals surface area contributed by atoms with Crippen LogP contribution < -0.4 is 5.43 Å². The van der Waals surface area contributed by atoms with E-state index in [1.807, 2.05) is 53.7 Å². The minimum absolute atomic E-state index is 0.0230. The largest absolute Gasteiger partial charge is 0.508 e. The Balaban J connectivity index is 2.32. The lowest BCUT2D eigenvalue weighted by molar-refractivity contribution is 0.0954. The zero-order chi connectivity index (χ0) is 20.4. The fourth-order valence-electron chi connectivity index (χ4n) is 2.75. The Kier molecular flexibility index (Phi) is 5.64. The number of rotatable bonds is 3. The summed E-state index contributed by atoms with van der Waals surface area (Å²) in [6, 6.07) is 9.84. The van der Waals surface area contributed by atoms with Gasteiger partial charge in [0.25, 0.3) is 5.91 Å². The number of benzene rings is 2. The van der Waals surface area contributed by atoms with Crippen LogP contribution in [0.25, 0.3) is 0 Å². The third-order valence-electron chi connectivity index (χ3n) is 4.24. The standard InChI is InChI=1S/C22H28N2O3/c1-21(2,3)17-10-14(11-18(19(17)26)22(4,5)6)13-23-24-20(27)15-8-7-9-16(25)12-15/h7-13,25-26H,1-6H3,(H,24,27)/b23-13+. The molecule has 1 amide bonds. The Morgan fingerprint density at radius 3 is 2.00 bits per heavy atom. The molecule has 0 unspecified atom stereocenters. The van der Waals surface area contributed by atoms with Crippen LogP contribution in [0.15, 0.2) is 41.5 Å². The highest BCUT2D eigenvalue weighted by atomic mass is 16.3. The second-order valence-electron chi connectivity index (χ2n) is 8.71. The van der Waals surface area contributed by atoms with Crippen LogP contribution in [0.2, 0.25) is 0 Å². The molecular weight excluding hydrogens is 340 g/mol. The average Bonchev–Trinajstić information content (AvgIpc) is 2.53. The molecular formula is C22H28N2O3. The highest BCUT2D eigenvalue weighted by Crippen LogP contribution is 2.39. The molecule has 0 aliphatic heterocycles. The summed E-state index contributed by atoms with van der Waals surface area (Å²) in [6.45, 7) is 12.2. The molecule has 0 aromatic heterocycles. The van der Waals surface area contributed by atoms with Crippen LogP contribution in [-0.4, -0.2) is 22.3 Å². The summed E-state index contributed by atoms with van der Waals surface area (Å²) in [4.78, 5) is 12.1. The van der Waals surface area contributed by atoms with Crippen molar-refractivity contribution in [1.82, 2.24) is 5.43 Å². The first kappa shape index (κ1) is 20.5. The van der Waals surface area contributed by atoms with Crippen LogP contribution in [-0.2, 0) is 10.8 Å².